The number of aryl methyl sites for hydroxylation is 1. The highest BCUT2D eigenvalue weighted by Gasteiger charge is 2.53. The highest BCUT2D eigenvalue weighted by molar-refractivity contribution is 6.30. The van der Waals surface area contributed by atoms with Crippen LogP contribution in [0.1, 0.15) is 47.9 Å². The Bertz CT molecular complexity index is 939. The third-order valence-corrected chi connectivity index (χ3v) is 6.30. The maximum absolute atomic E-state index is 12.8. The summed E-state index contributed by atoms with van der Waals surface area (Å²) < 4.78 is 12.3. The predicted octanol–water partition coefficient (Wildman–Crippen LogP) is 4.95. The lowest BCUT2D eigenvalue weighted by Crippen LogP contribution is -2.47. The van der Waals surface area contributed by atoms with E-state index in [9.17, 15) is 4.79 Å². The molecule has 5 rings (SSSR count). The van der Waals surface area contributed by atoms with E-state index in [2.05, 4.69) is 12.2 Å². The van der Waals surface area contributed by atoms with Gasteiger partial charge >= 0.3 is 0 Å². The number of ether oxygens (including phenoxy) is 2. The second-order valence-corrected chi connectivity index (χ2v) is 8.69. The molecule has 2 aromatic carbocycles. The minimum atomic E-state index is -1.30. The molecule has 2 atom stereocenters. The van der Waals surface area contributed by atoms with Crippen LogP contribution in [0.25, 0.3) is 0 Å². The van der Waals surface area contributed by atoms with E-state index in [4.69, 9.17) is 21.1 Å². The Morgan fingerprint density at radius 2 is 2.04 bits per heavy atom. The number of amides is 1. The van der Waals surface area contributed by atoms with Gasteiger partial charge in [0.2, 0.25) is 0 Å². The summed E-state index contributed by atoms with van der Waals surface area (Å²) in [4.78, 5) is 12.8. The standard InChI is InChI=1S/C23H24ClNO3/c1-14-2-6-18(24)13-17(14)10-16-5-7-21-20(12-16)23(22(26)25-21)27-9-8-19(28-23)11-15-3-4-15/h2,5-7,12-13,15,19H,3-4,8-11H2,1H3,(H,25,26)/t19?,23-/m1/s1. The molecule has 1 unspecified atom stereocenters. The summed E-state index contributed by atoms with van der Waals surface area (Å²) in [5, 5.41) is 3.68. The Hall–Kier alpha value is -1.88. The zero-order chi connectivity index (χ0) is 19.3. The number of nitrogens with one attached hydrogen (secondary N) is 1. The molecule has 146 valence electrons. The van der Waals surface area contributed by atoms with Gasteiger partial charge in [-0.3, -0.25) is 4.79 Å². The van der Waals surface area contributed by atoms with Crippen LogP contribution >= 0.6 is 11.6 Å². The zero-order valence-electron chi connectivity index (χ0n) is 16.0. The summed E-state index contributed by atoms with van der Waals surface area (Å²) in [6.45, 7) is 2.63. The van der Waals surface area contributed by atoms with Crippen molar-refractivity contribution in [2.75, 3.05) is 11.9 Å². The first-order chi connectivity index (χ1) is 13.5. The molecule has 2 fully saturated rings. The number of halogens is 1. The maximum Gasteiger partial charge on any atom is 0.289 e. The minimum Gasteiger partial charge on any atom is -0.338 e. The fourth-order valence-corrected chi connectivity index (χ4v) is 4.47. The van der Waals surface area contributed by atoms with Crippen molar-refractivity contribution in [3.05, 3.63) is 63.7 Å². The van der Waals surface area contributed by atoms with Gasteiger partial charge in [-0.2, -0.15) is 0 Å². The molecule has 1 N–H and O–H groups in total. The fraction of sp³-hybridized carbons (Fsp3) is 0.435. The van der Waals surface area contributed by atoms with E-state index in [0.717, 1.165) is 47.0 Å². The molecular formula is C23H24ClNO3. The van der Waals surface area contributed by atoms with E-state index < -0.39 is 5.79 Å². The molecule has 1 saturated carbocycles. The van der Waals surface area contributed by atoms with E-state index in [1.807, 2.05) is 36.4 Å². The number of rotatable bonds is 4. The van der Waals surface area contributed by atoms with Crippen molar-refractivity contribution in [2.45, 2.75) is 50.9 Å². The molecule has 5 heteroatoms. The van der Waals surface area contributed by atoms with Gasteiger partial charge in [0.1, 0.15) is 0 Å². The average Bonchev–Trinajstić information content (AvgIpc) is 3.45. The second-order valence-electron chi connectivity index (χ2n) is 8.25. The Labute approximate surface area is 170 Å². The Kier molecular flexibility index (Phi) is 4.46. The van der Waals surface area contributed by atoms with Crippen molar-refractivity contribution in [2.24, 2.45) is 5.92 Å². The van der Waals surface area contributed by atoms with Crippen molar-refractivity contribution in [3.63, 3.8) is 0 Å². The van der Waals surface area contributed by atoms with Gasteiger partial charge in [-0.05, 0) is 73.1 Å². The van der Waals surface area contributed by atoms with Gasteiger partial charge in [-0.15, -0.1) is 0 Å². The van der Waals surface area contributed by atoms with E-state index in [1.165, 1.54) is 24.0 Å². The Balaban J connectivity index is 1.46. The number of hydrogen-bond acceptors (Lipinski definition) is 3. The number of hydrogen-bond donors (Lipinski definition) is 1. The summed E-state index contributed by atoms with van der Waals surface area (Å²) >= 11 is 6.18. The molecule has 0 bridgehead atoms. The zero-order valence-corrected chi connectivity index (χ0v) is 16.7. The summed E-state index contributed by atoms with van der Waals surface area (Å²) in [7, 11) is 0. The van der Waals surface area contributed by atoms with Crippen molar-refractivity contribution in [1.82, 2.24) is 0 Å². The molecule has 2 aromatic rings. The molecule has 28 heavy (non-hydrogen) atoms. The first-order valence-electron chi connectivity index (χ1n) is 10.1. The van der Waals surface area contributed by atoms with Gasteiger partial charge in [0.15, 0.2) is 0 Å². The lowest BCUT2D eigenvalue weighted by Gasteiger charge is -2.37. The molecule has 2 heterocycles. The minimum absolute atomic E-state index is 0.0804. The largest absolute Gasteiger partial charge is 0.338 e. The van der Waals surface area contributed by atoms with Gasteiger partial charge in [-0.25, -0.2) is 0 Å². The van der Waals surface area contributed by atoms with E-state index in [0.29, 0.717) is 6.61 Å². The monoisotopic (exact) mass is 397 g/mol. The van der Waals surface area contributed by atoms with Crippen LogP contribution in [0.15, 0.2) is 36.4 Å². The quantitative estimate of drug-likeness (QED) is 0.794. The summed E-state index contributed by atoms with van der Waals surface area (Å²) in [5.74, 6) is -0.757. The molecule has 1 amide bonds. The molecule has 0 aromatic heterocycles. The van der Waals surface area contributed by atoms with Gasteiger partial charge in [-0.1, -0.05) is 36.6 Å². The highest BCUT2D eigenvalue weighted by Crippen LogP contribution is 2.46. The van der Waals surface area contributed by atoms with E-state index in [-0.39, 0.29) is 12.0 Å². The smallest absolute Gasteiger partial charge is 0.289 e. The molecular weight excluding hydrogens is 374 g/mol. The number of benzene rings is 2. The van der Waals surface area contributed by atoms with Crippen LogP contribution in [-0.2, 0) is 26.5 Å². The molecule has 1 saturated heterocycles. The molecule has 2 aliphatic heterocycles. The summed E-state index contributed by atoms with van der Waals surface area (Å²) in [5.41, 5.74) is 5.06. The topological polar surface area (TPSA) is 47.6 Å². The predicted molar refractivity (Wildman–Crippen MR) is 109 cm³/mol. The molecule has 0 radical (unpaired) electrons. The maximum atomic E-state index is 12.8. The lowest BCUT2D eigenvalue weighted by atomic mass is 9.96. The van der Waals surface area contributed by atoms with Gasteiger partial charge < -0.3 is 14.8 Å². The van der Waals surface area contributed by atoms with Gasteiger partial charge in [0.25, 0.3) is 11.7 Å². The van der Waals surface area contributed by atoms with Crippen LogP contribution in [-0.4, -0.2) is 18.6 Å². The van der Waals surface area contributed by atoms with Gasteiger partial charge in [0, 0.05) is 10.6 Å². The third-order valence-electron chi connectivity index (χ3n) is 6.06. The third kappa shape index (κ3) is 3.24. The van der Waals surface area contributed by atoms with Crippen LogP contribution in [0, 0.1) is 12.8 Å². The van der Waals surface area contributed by atoms with Crippen LogP contribution in [0.4, 0.5) is 5.69 Å². The summed E-state index contributed by atoms with van der Waals surface area (Å²) in [6, 6.07) is 12.0. The SMILES string of the molecule is Cc1ccc(Cl)cc1Cc1ccc2c(c1)[C@]1(OCCC(CC3CC3)O1)C(=O)N2. The number of carbonyl (C=O) groups is 1. The van der Waals surface area contributed by atoms with E-state index in [1.54, 1.807) is 0 Å². The average molecular weight is 398 g/mol. The number of fused-ring (bicyclic) bond motifs is 2. The van der Waals surface area contributed by atoms with Crippen LogP contribution in [0.2, 0.25) is 5.02 Å². The van der Waals surface area contributed by atoms with Crippen molar-refractivity contribution in [3.8, 4) is 0 Å². The molecule has 4 nitrogen and oxygen atoms in total. The molecule has 1 spiro atoms. The van der Waals surface area contributed by atoms with E-state index >= 15 is 0 Å². The van der Waals surface area contributed by atoms with Gasteiger partial charge in [0.05, 0.1) is 18.4 Å². The normalized spacial score (nSPS) is 26.4. The second kappa shape index (κ2) is 6.87. The van der Waals surface area contributed by atoms with Crippen LogP contribution in [0.3, 0.4) is 0 Å². The van der Waals surface area contributed by atoms with Crippen molar-refractivity contribution >= 4 is 23.2 Å². The van der Waals surface area contributed by atoms with Crippen molar-refractivity contribution in [1.29, 1.82) is 0 Å². The lowest BCUT2D eigenvalue weighted by molar-refractivity contribution is -0.281. The van der Waals surface area contributed by atoms with Crippen LogP contribution in [0.5, 0.6) is 0 Å². The molecule has 3 aliphatic rings. The van der Waals surface area contributed by atoms with Crippen LogP contribution < -0.4 is 5.32 Å². The fourth-order valence-electron chi connectivity index (χ4n) is 4.27. The Morgan fingerprint density at radius 3 is 2.86 bits per heavy atom. The number of anilines is 1. The van der Waals surface area contributed by atoms with Crippen molar-refractivity contribution < 1.29 is 14.3 Å². The first-order valence-corrected chi connectivity index (χ1v) is 10.4. The molecule has 1 aliphatic carbocycles. The first kappa shape index (κ1) is 18.2. The highest BCUT2D eigenvalue weighted by atomic mass is 35.5. The number of carbonyl (C=O) groups excluding carboxylic acids is 1. The summed E-state index contributed by atoms with van der Waals surface area (Å²) in [6.07, 6.45) is 5.25. The Morgan fingerprint density at radius 1 is 1.18 bits per heavy atom.